The number of thiazole rings is 1. The van der Waals surface area contributed by atoms with E-state index in [2.05, 4.69) is 10.9 Å². The average Bonchev–Trinajstić information content (AvgIpc) is 3.21. The second-order valence-electron chi connectivity index (χ2n) is 8.94. The van der Waals surface area contributed by atoms with Crippen molar-refractivity contribution in [3.63, 3.8) is 0 Å². The van der Waals surface area contributed by atoms with Crippen LogP contribution < -0.4 is 29.1 Å². The van der Waals surface area contributed by atoms with Crippen molar-refractivity contribution in [3.8, 4) is 29.6 Å². The molecule has 0 fully saturated rings. The second kappa shape index (κ2) is 12.0. The van der Waals surface area contributed by atoms with E-state index in [1.165, 1.54) is 18.4 Å². The Balaban J connectivity index is 1.86. The van der Waals surface area contributed by atoms with Crippen molar-refractivity contribution in [2.75, 3.05) is 20.3 Å². The number of ether oxygens (including phenoxy) is 4. The van der Waals surface area contributed by atoms with E-state index in [1.807, 2.05) is 37.3 Å². The SMILES string of the molecule is C#CCOc1ccc(/C=c2/sc3n(c2=O)[C@@H](c2ccc(OCC)cc2)C(C(=O)OC(C)C)=C(C)N=3)cc1OC. The van der Waals surface area contributed by atoms with Crippen LogP contribution in [-0.2, 0) is 9.53 Å². The zero-order valence-corrected chi connectivity index (χ0v) is 23.3. The molecular weight excluding hydrogens is 516 g/mol. The number of allylic oxidation sites excluding steroid dienone is 1. The van der Waals surface area contributed by atoms with Gasteiger partial charge in [0.2, 0.25) is 0 Å². The van der Waals surface area contributed by atoms with Gasteiger partial charge in [0.1, 0.15) is 12.4 Å². The smallest absolute Gasteiger partial charge is 0.338 e. The highest BCUT2D eigenvalue weighted by atomic mass is 32.1. The Morgan fingerprint density at radius 2 is 1.92 bits per heavy atom. The molecule has 3 aromatic rings. The van der Waals surface area contributed by atoms with Gasteiger partial charge in [-0.15, -0.1) is 6.42 Å². The van der Waals surface area contributed by atoms with Crippen LogP contribution >= 0.6 is 11.3 Å². The highest BCUT2D eigenvalue weighted by Gasteiger charge is 2.33. The van der Waals surface area contributed by atoms with Gasteiger partial charge in [0.15, 0.2) is 16.3 Å². The lowest BCUT2D eigenvalue weighted by atomic mass is 9.96. The molecule has 0 aliphatic carbocycles. The first-order valence-electron chi connectivity index (χ1n) is 12.5. The summed E-state index contributed by atoms with van der Waals surface area (Å²) in [5, 5.41) is 0. The van der Waals surface area contributed by atoms with Crippen LogP contribution in [0.4, 0.5) is 0 Å². The van der Waals surface area contributed by atoms with Crippen LogP contribution in [0, 0.1) is 12.3 Å². The van der Waals surface area contributed by atoms with Crippen LogP contribution in [0.15, 0.2) is 63.5 Å². The number of esters is 1. The van der Waals surface area contributed by atoms with Crippen LogP contribution in [0.5, 0.6) is 17.2 Å². The summed E-state index contributed by atoms with van der Waals surface area (Å²) in [6.45, 7) is 7.88. The molecule has 0 saturated heterocycles. The molecule has 0 N–H and O–H groups in total. The molecule has 0 spiro atoms. The fourth-order valence-corrected chi connectivity index (χ4v) is 5.30. The monoisotopic (exact) mass is 546 g/mol. The van der Waals surface area contributed by atoms with Gasteiger partial charge in [-0.05, 0) is 69.2 Å². The predicted molar refractivity (Wildman–Crippen MR) is 150 cm³/mol. The minimum Gasteiger partial charge on any atom is -0.494 e. The molecule has 2 heterocycles. The molecule has 1 atom stereocenters. The van der Waals surface area contributed by atoms with Crippen molar-refractivity contribution in [2.45, 2.75) is 39.8 Å². The summed E-state index contributed by atoms with van der Waals surface area (Å²) in [6, 6.07) is 12.0. The van der Waals surface area contributed by atoms with Crippen LogP contribution in [0.3, 0.4) is 0 Å². The minimum absolute atomic E-state index is 0.112. The summed E-state index contributed by atoms with van der Waals surface area (Å²) in [5.41, 5.74) is 2.03. The molecule has 1 aliphatic rings. The van der Waals surface area contributed by atoms with Crippen molar-refractivity contribution >= 4 is 23.4 Å². The number of benzene rings is 2. The molecular formula is C30H30N2O6S. The average molecular weight is 547 g/mol. The molecule has 0 amide bonds. The second-order valence-corrected chi connectivity index (χ2v) is 9.95. The van der Waals surface area contributed by atoms with E-state index < -0.39 is 12.0 Å². The number of fused-ring (bicyclic) bond motifs is 1. The van der Waals surface area contributed by atoms with Gasteiger partial charge < -0.3 is 18.9 Å². The van der Waals surface area contributed by atoms with Gasteiger partial charge in [0, 0.05) is 0 Å². The van der Waals surface area contributed by atoms with Gasteiger partial charge in [0.25, 0.3) is 5.56 Å². The maximum absolute atomic E-state index is 13.8. The topological polar surface area (TPSA) is 88.4 Å². The standard InChI is InChI=1S/C30H30N2O6S/c1-7-15-37-23-14-9-20(16-24(23)35-6)17-25-28(33)32-27(21-10-12-22(13-11-21)36-8-2)26(29(34)38-18(3)4)19(5)31-30(32)39-25/h1,9-14,16-18,27H,8,15H2,2-6H3/b25-17+/t27-/m0/s1. The largest absolute Gasteiger partial charge is 0.494 e. The third kappa shape index (κ3) is 5.91. The molecule has 1 aliphatic heterocycles. The molecule has 202 valence electrons. The highest BCUT2D eigenvalue weighted by molar-refractivity contribution is 7.07. The third-order valence-electron chi connectivity index (χ3n) is 5.89. The van der Waals surface area contributed by atoms with Crippen molar-refractivity contribution in [3.05, 3.63) is 84.5 Å². The molecule has 0 unspecified atom stereocenters. The normalized spacial score (nSPS) is 14.9. The third-order valence-corrected chi connectivity index (χ3v) is 6.87. The number of aromatic nitrogens is 1. The molecule has 0 bridgehead atoms. The summed E-state index contributed by atoms with van der Waals surface area (Å²) >= 11 is 1.25. The lowest BCUT2D eigenvalue weighted by Gasteiger charge is -2.25. The van der Waals surface area contributed by atoms with E-state index in [4.69, 9.17) is 25.4 Å². The number of rotatable bonds is 9. The molecule has 9 heteroatoms. The maximum atomic E-state index is 13.8. The summed E-state index contributed by atoms with van der Waals surface area (Å²) in [7, 11) is 1.53. The number of hydrogen-bond acceptors (Lipinski definition) is 8. The quantitative estimate of drug-likeness (QED) is 0.301. The van der Waals surface area contributed by atoms with Gasteiger partial charge in [-0.1, -0.05) is 35.5 Å². The van der Waals surface area contributed by atoms with Crippen LogP contribution in [0.1, 0.15) is 44.9 Å². The number of hydrogen-bond donors (Lipinski definition) is 0. The molecule has 2 aromatic carbocycles. The summed E-state index contributed by atoms with van der Waals surface area (Å²) < 4.78 is 24.1. The number of carbonyl (C=O) groups excluding carboxylic acids is 1. The number of methoxy groups -OCH3 is 1. The zero-order chi connectivity index (χ0) is 28.1. The fourth-order valence-electron chi connectivity index (χ4n) is 4.25. The molecule has 4 rings (SSSR count). The van der Waals surface area contributed by atoms with Crippen molar-refractivity contribution < 1.29 is 23.7 Å². The van der Waals surface area contributed by atoms with Gasteiger partial charge >= 0.3 is 5.97 Å². The van der Waals surface area contributed by atoms with Gasteiger partial charge in [-0.2, -0.15) is 0 Å². The van der Waals surface area contributed by atoms with Crippen LogP contribution in [0.25, 0.3) is 6.08 Å². The first-order chi connectivity index (χ1) is 18.8. The Kier molecular flexibility index (Phi) is 8.57. The van der Waals surface area contributed by atoms with E-state index in [0.29, 0.717) is 44.5 Å². The number of nitrogens with zero attached hydrogens (tertiary/aromatic N) is 2. The molecule has 0 saturated carbocycles. The van der Waals surface area contributed by atoms with E-state index in [1.54, 1.807) is 43.5 Å². The van der Waals surface area contributed by atoms with E-state index in [-0.39, 0.29) is 18.3 Å². The van der Waals surface area contributed by atoms with E-state index >= 15 is 0 Å². The fraction of sp³-hybridized carbons (Fsp3) is 0.300. The van der Waals surface area contributed by atoms with E-state index in [9.17, 15) is 9.59 Å². The van der Waals surface area contributed by atoms with Crippen molar-refractivity contribution in [2.24, 2.45) is 4.99 Å². The van der Waals surface area contributed by atoms with Gasteiger partial charge in [0.05, 0.1) is 41.7 Å². The summed E-state index contributed by atoms with van der Waals surface area (Å²) in [4.78, 5) is 32.2. The Morgan fingerprint density at radius 1 is 1.18 bits per heavy atom. The van der Waals surface area contributed by atoms with Crippen LogP contribution in [0.2, 0.25) is 0 Å². The maximum Gasteiger partial charge on any atom is 0.338 e. The lowest BCUT2D eigenvalue weighted by molar-refractivity contribution is -0.143. The zero-order valence-electron chi connectivity index (χ0n) is 22.5. The predicted octanol–water partition coefficient (Wildman–Crippen LogP) is 3.61. The minimum atomic E-state index is -0.709. The number of carbonyl (C=O) groups is 1. The van der Waals surface area contributed by atoms with Crippen molar-refractivity contribution in [1.82, 2.24) is 4.57 Å². The molecule has 39 heavy (non-hydrogen) atoms. The Bertz CT molecular complexity index is 1620. The summed E-state index contributed by atoms with van der Waals surface area (Å²) in [6.07, 6.45) is 6.73. The van der Waals surface area contributed by atoms with Gasteiger partial charge in [-0.3, -0.25) is 9.36 Å². The Hall–Kier alpha value is -4.29. The van der Waals surface area contributed by atoms with E-state index in [0.717, 1.165) is 11.1 Å². The van der Waals surface area contributed by atoms with Crippen LogP contribution in [-0.4, -0.2) is 37.0 Å². The summed E-state index contributed by atoms with van der Waals surface area (Å²) in [5.74, 6) is 3.62. The lowest BCUT2D eigenvalue weighted by Crippen LogP contribution is -2.40. The Labute approximate surface area is 230 Å². The first kappa shape index (κ1) is 27.7. The van der Waals surface area contributed by atoms with Crippen molar-refractivity contribution in [1.29, 1.82) is 0 Å². The van der Waals surface area contributed by atoms with Gasteiger partial charge in [-0.25, -0.2) is 9.79 Å². The number of terminal acetylenes is 1. The first-order valence-corrected chi connectivity index (χ1v) is 13.3. The molecule has 1 aromatic heterocycles. The highest BCUT2D eigenvalue weighted by Crippen LogP contribution is 2.32. The molecule has 8 nitrogen and oxygen atoms in total. The molecule has 0 radical (unpaired) electrons. The Morgan fingerprint density at radius 3 is 2.56 bits per heavy atom.